The molecule has 0 saturated heterocycles. The molecule has 0 rings (SSSR count). The zero-order chi connectivity index (χ0) is 14.3. The zero-order valence-corrected chi connectivity index (χ0v) is 14.1. The normalized spacial score (nSPS) is 15.8. The van der Waals surface area contributed by atoms with E-state index >= 15 is 0 Å². The Morgan fingerprint density at radius 1 is 1.26 bits per heavy atom. The number of nitrogens with two attached hydrogens (primary N) is 1. The van der Waals surface area contributed by atoms with Gasteiger partial charge in [-0.15, -0.1) is 12.4 Å². The predicted octanol–water partition coefficient (Wildman–Crippen LogP) is 1.87. The van der Waals surface area contributed by atoms with E-state index in [2.05, 4.69) is 31.0 Å². The van der Waals surface area contributed by atoms with Gasteiger partial charge in [-0.25, -0.2) is 0 Å². The molecule has 0 fully saturated rings. The van der Waals surface area contributed by atoms with Gasteiger partial charge in [0.25, 0.3) is 0 Å². The van der Waals surface area contributed by atoms with Crippen molar-refractivity contribution in [1.29, 1.82) is 0 Å². The van der Waals surface area contributed by atoms with Crippen molar-refractivity contribution in [3.8, 4) is 0 Å². The van der Waals surface area contributed by atoms with Gasteiger partial charge >= 0.3 is 0 Å². The predicted molar refractivity (Wildman–Crippen MR) is 84.6 cm³/mol. The van der Waals surface area contributed by atoms with Crippen LogP contribution in [0.25, 0.3) is 0 Å². The third-order valence-electron chi connectivity index (χ3n) is 3.25. The second-order valence-electron chi connectivity index (χ2n) is 6.01. The van der Waals surface area contributed by atoms with E-state index in [0.29, 0.717) is 5.92 Å². The largest absolute Gasteiger partial charge is 0.351 e. The third-order valence-corrected chi connectivity index (χ3v) is 3.25. The molecule has 0 heterocycles. The molecular weight excluding hydrogens is 262 g/mol. The van der Waals surface area contributed by atoms with E-state index in [1.807, 2.05) is 21.0 Å². The van der Waals surface area contributed by atoms with Crippen molar-refractivity contribution in [2.75, 3.05) is 20.6 Å². The van der Waals surface area contributed by atoms with Gasteiger partial charge in [-0.05, 0) is 32.4 Å². The highest BCUT2D eigenvalue weighted by Crippen LogP contribution is 2.09. The SMILES string of the molecule is CCC(C)C(N)C(=O)NC(CC(C)C)CN(C)C.Cl. The van der Waals surface area contributed by atoms with E-state index in [4.69, 9.17) is 5.73 Å². The highest BCUT2D eigenvalue weighted by atomic mass is 35.5. The number of amides is 1. The van der Waals surface area contributed by atoms with Crippen LogP contribution in [-0.4, -0.2) is 43.5 Å². The molecular formula is C14H32ClN3O. The molecule has 19 heavy (non-hydrogen) atoms. The molecule has 3 unspecified atom stereocenters. The fourth-order valence-corrected chi connectivity index (χ4v) is 2.00. The highest BCUT2D eigenvalue weighted by Gasteiger charge is 2.22. The standard InChI is InChI=1S/C14H31N3O.ClH/c1-7-11(4)13(15)14(18)16-12(8-10(2)3)9-17(5)6;/h10-13H,7-9,15H2,1-6H3,(H,16,18);1H. The Hall–Kier alpha value is -0.320. The van der Waals surface area contributed by atoms with Gasteiger partial charge < -0.3 is 16.0 Å². The van der Waals surface area contributed by atoms with Crippen molar-refractivity contribution in [2.24, 2.45) is 17.6 Å². The van der Waals surface area contributed by atoms with Gasteiger partial charge in [0.1, 0.15) is 0 Å². The Morgan fingerprint density at radius 2 is 1.79 bits per heavy atom. The Balaban J connectivity index is 0. The van der Waals surface area contributed by atoms with Gasteiger partial charge in [0.15, 0.2) is 0 Å². The molecule has 1 amide bonds. The van der Waals surface area contributed by atoms with Crippen LogP contribution in [0.4, 0.5) is 0 Å². The summed E-state index contributed by atoms with van der Waals surface area (Å²) in [6, 6.07) is -0.213. The number of rotatable bonds is 8. The molecule has 0 aliphatic heterocycles. The lowest BCUT2D eigenvalue weighted by Crippen LogP contribution is -2.51. The van der Waals surface area contributed by atoms with Crippen molar-refractivity contribution in [2.45, 2.75) is 52.6 Å². The second kappa shape index (κ2) is 10.5. The summed E-state index contributed by atoms with van der Waals surface area (Å²) < 4.78 is 0. The topological polar surface area (TPSA) is 58.4 Å². The number of carbonyl (C=O) groups excluding carboxylic acids is 1. The Morgan fingerprint density at radius 3 is 2.16 bits per heavy atom. The van der Waals surface area contributed by atoms with Gasteiger partial charge in [-0.1, -0.05) is 34.1 Å². The summed E-state index contributed by atoms with van der Waals surface area (Å²) in [4.78, 5) is 14.2. The highest BCUT2D eigenvalue weighted by molar-refractivity contribution is 5.85. The molecule has 4 nitrogen and oxygen atoms in total. The van der Waals surface area contributed by atoms with Crippen LogP contribution in [0.15, 0.2) is 0 Å². The molecule has 116 valence electrons. The molecule has 0 bridgehead atoms. The molecule has 0 aliphatic rings. The number of hydrogen-bond donors (Lipinski definition) is 2. The zero-order valence-electron chi connectivity index (χ0n) is 13.3. The van der Waals surface area contributed by atoms with Gasteiger partial charge in [-0.2, -0.15) is 0 Å². The van der Waals surface area contributed by atoms with Crippen LogP contribution in [-0.2, 0) is 4.79 Å². The van der Waals surface area contributed by atoms with E-state index in [-0.39, 0.29) is 30.3 Å². The molecule has 0 saturated carbocycles. The van der Waals surface area contributed by atoms with Crippen molar-refractivity contribution < 1.29 is 4.79 Å². The number of nitrogens with zero attached hydrogens (tertiary/aromatic N) is 1. The summed E-state index contributed by atoms with van der Waals surface area (Å²) >= 11 is 0. The van der Waals surface area contributed by atoms with Crippen LogP contribution in [0, 0.1) is 11.8 Å². The minimum atomic E-state index is -0.396. The minimum absolute atomic E-state index is 0. The van der Waals surface area contributed by atoms with E-state index in [9.17, 15) is 4.79 Å². The van der Waals surface area contributed by atoms with Crippen molar-refractivity contribution in [3.63, 3.8) is 0 Å². The Labute approximate surface area is 124 Å². The molecule has 0 aliphatic carbocycles. The van der Waals surface area contributed by atoms with Crippen LogP contribution in [0.3, 0.4) is 0 Å². The lowest BCUT2D eigenvalue weighted by atomic mass is 9.98. The van der Waals surface area contributed by atoms with Crippen LogP contribution < -0.4 is 11.1 Å². The smallest absolute Gasteiger partial charge is 0.237 e. The van der Waals surface area contributed by atoms with E-state index < -0.39 is 6.04 Å². The Bertz CT molecular complexity index is 237. The summed E-state index contributed by atoms with van der Waals surface area (Å²) in [6.45, 7) is 9.28. The molecule has 0 spiro atoms. The summed E-state index contributed by atoms with van der Waals surface area (Å²) in [7, 11) is 4.04. The van der Waals surface area contributed by atoms with Crippen molar-refractivity contribution >= 4 is 18.3 Å². The fourth-order valence-electron chi connectivity index (χ4n) is 2.00. The van der Waals surface area contributed by atoms with Crippen LogP contribution >= 0.6 is 12.4 Å². The minimum Gasteiger partial charge on any atom is -0.351 e. The van der Waals surface area contributed by atoms with Gasteiger partial charge in [0, 0.05) is 12.6 Å². The monoisotopic (exact) mass is 293 g/mol. The number of carbonyl (C=O) groups is 1. The first-order valence-corrected chi connectivity index (χ1v) is 6.98. The number of likely N-dealkylation sites (N-methyl/N-ethyl adjacent to an activating group) is 1. The molecule has 0 aromatic heterocycles. The van der Waals surface area contributed by atoms with Gasteiger partial charge in [0.05, 0.1) is 6.04 Å². The van der Waals surface area contributed by atoms with E-state index in [0.717, 1.165) is 19.4 Å². The number of halogens is 1. The average Bonchev–Trinajstić information content (AvgIpc) is 2.24. The molecule has 3 N–H and O–H groups in total. The quantitative estimate of drug-likeness (QED) is 0.718. The molecule has 0 aromatic carbocycles. The summed E-state index contributed by atoms with van der Waals surface area (Å²) in [5.41, 5.74) is 5.96. The maximum absolute atomic E-state index is 12.1. The van der Waals surface area contributed by atoms with Crippen LogP contribution in [0.1, 0.15) is 40.5 Å². The summed E-state index contributed by atoms with van der Waals surface area (Å²) in [5.74, 6) is 0.774. The van der Waals surface area contributed by atoms with Crippen LogP contribution in [0.2, 0.25) is 0 Å². The maximum Gasteiger partial charge on any atom is 0.237 e. The third kappa shape index (κ3) is 9.25. The summed E-state index contributed by atoms with van der Waals surface area (Å²) in [6.07, 6.45) is 1.91. The first-order chi connectivity index (χ1) is 8.27. The molecule has 0 radical (unpaired) electrons. The van der Waals surface area contributed by atoms with E-state index in [1.54, 1.807) is 0 Å². The average molecular weight is 294 g/mol. The van der Waals surface area contributed by atoms with Gasteiger partial charge in [0.2, 0.25) is 5.91 Å². The second-order valence-corrected chi connectivity index (χ2v) is 6.01. The fraction of sp³-hybridized carbons (Fsp3) is 0.929. The first kappa shape index (κ1) is 21.0. The van der Waals surface area contributed by atoms with Crippen molar-refractivity contribution in [3.05, 3.63) is 0 Å². The van der Waals surface area contributed by atoms with Crippen molar-refractivity contribution in [1.82, 2.24) is 10.2 Å². The first-order valence-electron chi connectivity index (χ1n) is 6.98. The van der Waals surface area contributed by atoms with E-state index in [1.165, 1.54) is 0 Å². The molecule has 3 atom stereocenters. The number of hydrogen-bond acceptors (Lipinski definition) is 3. The number of nitrogens with one attached hydrogen (secondary N) is 1. The Kier molecular flexibility index (Phi) is 11.6. The molecule has 5 heteroatoms. The van der Waals surface area contributed by atoms with Gasteiger partial charge in [-0.3, -0.25) is 4.79 Å². The lowest BCUT2D eigenvalue weighted by Gasteiger charge is -2.26. The maximum atomic E-state index is 12.1. The van der Waals surface area contributed by atoms with Crippen LogP contribution in [0.5, 0.6) is 0 Å². The summed E-state index contributed by atoms with van der Waals surface area (Å²) in [5, 5.41) is 3.09. The lowest BCUT2D eigenvalue weighted by molar-refractivity contribution is -0.124. The molecule has 0 aromatic rings.